The molecule has 0 amide bonds. The van der Waals surface area contributed by atoms with E-state index in [1.807, 2.05) is 60.8 Å². The lowest BCUT2D eigenvalue weighted by Crippen LogP contribution is -2.12. The first-order chi connectivity index (χ1) is 13.3. The number of H-pyrrole nitrogens is 1. The number of aryl methyl sites for hydroxylation is 1. The maximum atomic E-state index is 12.1. The monoisotopic (exact) mass is 361 g/mol. The Labute approximate surface area is 156 Å². The zero-order chi connectivity index (χ0) is 18.5. The van der Waals surface area contributed by atoms with E-state index in [0.29, 0.717) is 25.2 Å². The van der Waals surface area contributed by atoms with Gasteiger partial charge in [0.2, 0.25) is 0 Å². The van der Waals surface area contributed by atoms with Gasteiger partial charge in [-0.2, -0.15) is 0 Å². The molecule has 0 aliphatic heterocycles. The predicted octanol–water partition coefficient (Wildman–Crippen LogP) is 2.88. The van der Waals surface area contributed by atoms with Crippen LogP contribution in [-0.2, 0) is 29.1 Å². The summed E-state index contributed by atoms with van der Waals surface area (Å²) >= 11 is 0. The van der Waals surface area contributed by atoms with Gasteiger partial charge in [-0.05, 0) is 34.0 Å². The highest BCUT2D eigenvalue weighted by atomic mass is 16.5. The predicted molar refractivity (Wildman–Crippen MR) is 99.8 cm³/mol. The van der Waals surface area contributed by atoms with Crippen LogP contribution in [-0.4, -0.2) is 31.2 Å². The molecule has 0 spiro atoms. The quantitative estimate of drug-likeness (QED) is 0.512. The number of esters is 1. The number of para-hydroxylation sites is 1. The number of fused-ring (bicyclic) bond motifs is 1. The Kier molecular flexibility index (Phi) is 4.91. The molecule has 0 radical (unpaired) electrons. The van der Waals surface area contributed by atoms with Crippen LogP contribution in [0.5, 0.6) is 0 Å². The smallest absolute Gasteiger partial charge is 0.306 e. The highest BCUT2D eigenvalue weighted by molar-refractivity contribution is 5.83. The van der Waals surface area contributed by atoms with E-state index < -0.39 is 0 Å². The number of tetrazole rings is 1. The van der Waals surface area contributed by atoms with Crippen LogP contribution in [0.15, 0.2) is 60.8 Å². The van der Waals surface area contributed by atoms with Gasteiger partial charge in [-0.1, -0.05) is 48.5 Å². The fourth-order valence-electron chi connectivity index (χ4n) is 3.00. The minimum atomic E-state index is -0.269. The lowest BCUT2D eigenvalue weighted by molar-refractivity contribution is -0.145. The number of aromatic nitrogens is 5. The summed E-state index contributed by atoms with van der Waals surface area (Å²) in [5.41, 5.74) is 3.26. The molecule has 2 aromatic heterocycles. The third-order valence-corrected chi connectivity index (χ3v) is 4.42. The summed E-state index contributed by atoms with van der Waals surface area (Å²) in [6.45, 7) is 0.600. The molecule has 136 valence electrons. The van der Waals surface area contributed by atoms with Gasteiger partial charge in [-0.3, -0.25) is 4.79 Å². The number of carbonyl (C=O) groups excluding carboxylic acids is 1. The van der Waals surface area contributed by atoms with Crippen molar-refractivity contribution in [3.63, 3.8) is 0 Å². The average molecular weight is 361 g/mol. The molecule has 1 N–H and O–H groups in total. The van der Waals surface area contributed by atoms with E-state index in [0.717, 1.165) is 22.0 Å². The van der Waals surface area contributed by atoms with Gasteiger partial charge in [0.05, 0.1) is 6.54 Å². The molecule has 27 heavy (non-hydrogen) atoms. The maximum Gasteiger partial charge on any atom is 0.306 e. The van der Waals surface area contributed by atoms with E-state index in [-0.39, 0.29) is 12.6 Å². The molecule has 0 saturated heterocycles. The molecule has 0 unspecified atom stereocenters. The van der Waals surface area contributed by atoms with Gasteiger partial charge >= 0.3 is 5.97 Å². The Morgan fingerprint density at radius 3 is 2.78 bits per heavy atom. The fraction of sp³-hybridized carbons (Fsp3) is 0.200. The van der Waals surface area contributed by atoms with Crippen molar-refractivity contribution in [1.82, 2.24) is 25.2 Å². The van der Waals surface area contributed by atoms with Crippen molar-refractivity contribution >= 4 is 16.9 Å². The summed E-state index contributed by atoms with van der Waals surface area (Å²) in [7, 11) is 0. The summed E-state index contributed by atoms with van der Waals surface area (Å²) in [5, 5.41) is 12.7. The highest BCUT2D eigenvalue weighted by Gasteiger charge is 2.11. The summed E-state index contributed by atoms with van der Waals surface area (Å²) in [6, 6.07) is 17.9. The van der Waals surface area contributed by atoms with Crippen molar-refractivity contribution in [2.24, 2.45) is 0 Å². The third kappa shape index (κ3) is 4.03. The van der Waals surface area contributed by atoms with Gasteiger partial charge < -0.3 is 9.72 Å². The average Bonchev–Trinajstić information content (AvgIpc) is 3.32. The fourth-order valence-corrected chi connectivity index (χ4v) is 3.00. The van der Waals surface area contributed by atoms with E-state index in [4.69, 9.17) is 4.74 Å². The first-order valence-electron chi connectivity index (χ1n) is 8.79. The van der Waals surface area contributed by atoms with Crippen LogP contribution >= 0.6 is 0 Å². The number of nitrogens with zero attached hydrogens (tertiary/aromatic N) is 4. The molecule has 0 saturated carbocycles. The second-order valence-electron chi connectivity index (χ2n) is 6.26. The van der Waals surface area contributed by atoms with Crippen LogP contribution in [0.1, 0.15) is 23.4 Å². The highest BCUT2D eigenvalue weighted by Crippen LogP contribution is 2.19. The molecular weight excluding hydrogens is 342 g/mol. The van der Waals surface area contributed by atoms with Gasteiger partial charge in [0.15, 0.2) is 12.4 Å². The minimum Gasteiger partial charge on any atom is -0.457 e. The zero-order valence-electron chi connectivity index (χ0n) is 14.7. The number of aromatic amines is 1. The van der Waals surface area contributed by atoms with E-state index in [2.05, 4.69) is 20.5 Å². The van der Waals surface area contributed by atoms with Gasteiger partial charge in [-0.25, -0.2) is 4.68 Å². The molecular formula is C20H19N5O2. The number of nitrogens with one attached hydrogen (secondary N) is 1. The third-order valence-electron chi connectivity index (χ3n) is 4.42. The van der Waals surface area contributed by atoms with Crippen LogP contribution in [0.4, 0.5) is 0 Å². The van der Waals surface area contributed by atoms with Crippen molar-refractivity contribution in [3.05, 3.63) is 77.7 Å². The standard InChI is InChI=1S/C20H19N5O2/c26-20(11-10-16-12-21-18-9-5-4-8-17(16)18)27-14-19-22-23-24-25(19)13-15-6-2-1-3-7-15/h1-9,12,21H,10-11,13-14H2. The summed E-state index contributed by atoms with van der Waals surface area (Å²) < 4.78 is 7.00. The molecule has 2 heterocycles. The molecule has 7 heteroatoms. The summed E-state index contributed by atoms with van der Waals surface area (Å²) in [5.74, 6) is 0.258. The molecule has 0 atom stereocenters. The Morgan fingerprint density at radius 1 is 1.07 bits per heavy atom. The number of ether oxygens (including phenoxy) is 1. The summed E-state index contributed by atoms with van der Waals surface area (Å²) in [6.07, 6.45) is 2.87. The van der Waals surface area contributed by atoms with Crippen molar-refractivity contribution in [2.45, 2.75) is 26.0 Å². The molecule has 0 bridgehead atoms. The Hall–Kier alpha value is -3.48. The van der Waals surface area contributed by atoms with Gasteiger partial charge in [0.1, 0.15) is 0 Å². The molecule has 0 fully saturated rings. The summed E-state index contributed by atoms with van der Waals surface area (Å²) in [4.78, 5) is 15.3. The van der Waals surface area contributed by atoms with Crippen LogP contribution in [0, 0.1) is 0 Å². The van der Waals surface area contributed by atoms with E-state index >= 15 is 0 Å². The van der Waals surface area contributed by atoms with Crippen LogP contribution in [0.2, 0.25) is 0 Å². The molecule has 0 aliphatic rings. The molecule has 2 aromatic carbocycles. The van der Waals surface area contributed by atoms with Gasteiger partial charge in [0, 0.05) is 23.5 Å². The van der Waals surface area contributed by atoms with Gasteiger partial charge in [0.25, 0.3) is 0 Å². The number of hydrogen-bond acceptors (Lipinski definition) is 5. The van der Waals surface area contributed by atoms with Crippen molar-refractivity contribution in [2.75, 3.05) is 0 Å². The first kappa shape index (κ1) is 17.0. The van der Waals surface area contributed by atoms with Crippen molar-refractivity contribution < 1.29 is 9.53 Å². The normalized spacial score (nSPS) is 11.0. The topological polar surface area (TPSA) is 85.7 Å². The van der Waals surface area contributed by atoms with Crippen LogP contribution in [0.25, 0.3) is 10.9 Å². The van der Waals surface area contributed by atoms with E-state index in [1.165, 1.54) is 0 Å². The van der Waals surface area contributed by atoms with Crippen molar-refractivity contribution in [3.8, 4) is 0 Å². The Bertz CT molecular complexity index is 1040. The minimum absolute atomic E-state index is 0.0621. The number of benzene rings is 2. The van der Waals surface area contributed by atoms with Gasteiger partial charge in [-0.15, -0.1) is 5.10 Å². The maximum absolute atomic E-state index is 12.1. The number of rotatable bonds is 7. The molecule has 0 aliphatic carbocycles. The van der Waals surface area contributed by atoms with Crippen LogP contribution in [0.3, 0.4) is 0 Å². The van der Waals surface area contributed by atoms with Crippen molar-refractivity contribution in [1.29, 1.82) is 0 Å². The lowest BCUT2D eigenvalue weighted by Gasteiger charge is -2.06. The Morgan fingerprint density at radius 2 is 1.89 bits per heavy atom. The molecule has 7 nitrogen and oxygen atoms in total. The lowest BCUT2D eigenvalue weighted by atomic mass is 10.1. The largest absolute Gasteiger partial charge is 0.457 e. The second-order valence-corrected chi connectivity index (χ2v) is 6.26. The van der Waals surface area contributed by atoms with Crippen LogP contribution < -0.4 is 0 Å². The Balaban J connectivity index is 1.31. The zero-order valence-corrected chi connectivity index (χ0v) is 14.7. The first-order valence-corrected chi connectivity index (χ1v) is 8.79. The number of hydrogen-bond donors (Lipinski definition) is 1. The second kappa shape index (κ2) is 7.82. The SMILES string of the molecule is O=C(CCc1c[nH]c2ccccc12)OCc1nnnn1Cc1ccccc1. The number of carbonyl (C=O) groups is 1. The molecule has 4 aromatic rings. The van der Waals surface area contributed by atoms with E-state index in [1.54, 1.807) is 4.68 Å². The molecule has 4 rings (SSSR count). The van der Waals surface area contributed by atoms with E-state index in [9.17, 15) is 4.79 Å².